The molecule has 1 aliphatic rings. The van der Waals surface area contributed by atoms with Crippen LogP contribution < -0.4 is 10.6 Å². The van der Waals surface area contributed by atoms with Crippen LogP contribution in [0.5, 0.6) is 0 Å². The molecule has 0 aliphatic heterocycles. The largest absolute Gasteiger partial charge is 0.480 e. The molecule has 2 atom stereocenters. The Labute approximate surface area is 115 Å². The Morgan fingerprint density at radius 2 is 1.89 bits per heavy atom. The van der Waals surface area contributed by atoms with Crippen molar-refractivity contribution in [2.24, 2.45) is 11.8 Å². The van der Waals surface area contributed by atoms with Gasteiger partial charge >= 0.3 is 12.0 Å². The first kappa shape index (κ1) is 15.8. The third-order valence-corrected chi connectivity index (χ3v) is 4.04. The average molecular weight is 270 g/mol. The second-order valence-corrected chi connectivity index (χ2v) is 5.56. The molecule has 0 aromatic rings. The van der Waals surface area contributed by atoms with E-state index >= 15 is 0 Å². The normalized spacial score (nSPS) is 19.5. The van der Waals surface area contributed by atoms with E-state index in [1.54, 1.807) is 0 Å². The number of rotatable bonds is 6. The van der Waals surface area contributed by atoms with Gasteiger partial charge in [-0.2, -0.15) is 0 Å². The molecule has 0 unspecified atom stereocenters. The zero-order valence-corrected chi connectivity index (χ0v) is 11.9. The molecule has 0 aromatic carbocycles. The number of hydrogen-bond donors (Lipinski definition) is 3. The van der Waals surface area contributed by atoms with Gasteiger partial charge in [0.15, 0.2) is 0 Å². The van der Waals surface area contributed by atoms with Crippen LogP contribution in [-0.2, 0) is 4.79 Å². The summed E-state index contributed by atoms with van der Waals surface area (Å²) in [7, 11) is 0. The van der Waals surface area contributed by atoms with Crippen LogP contribution in [0.15, 0.2) is 0 Å². The number of nitrogens with one attached hydrogen (secondary N) is 2. The van der Waals surface area contributed by atoms with Crippen molar-refractivity contribution >= 4 is 12.0 Å². The molecule has 0 radical (unpaired) electrons. The molecule has 0 spiro atoms. The van der Waals surface area contributed by atoms with E-state index in [-0.39, 0.29) is 11.9 Å². The highest BCUT2D eigenvalue weighted by molar-refractivity contribution is 5.82. The number of carboxylic acids is 1. The van der Waals surface area contributed by atoms with Gasteiger partial charge < -0.3 is 15.7 Å². The van der Waals surface area contributed by atoms with Gasteiger partial charge in [-0.1, -0.05) is 39.5 Å². The highest BCUT2D eigenvalue weighted by Gasteiger charge is 2.25. The van der Waals surface area contributed by atoms with E-state index in [1.165, 1.54) is 19.3 Å². The minimum absolute atomic E-state index is 0.0714. The molecule has 1 rings (SSSR count). The van der Waals surface area contributed by atoms with Crippen LogP contribution in [0.2, 0.25) is 0 Å². The second kappa shape index (κ2) is 8.02. The van der Waals surface area contributed by atoms with Gasteiger partial charge in [0.25, 0.3) is 0 Å². The number of amides is 2. The van der Waals surface area contributed by atoms with Gasteiger partial charge in [-0.05, 0) is 24.7 Å². The Bertz CT molecular complexity index is 301. The Kier molecular flexibility index (Phi) is 6.67. The highest BCUT2D eigenvalue weighted by atomic mass is 16.4. The van der Waals surface area contributed by atoms with Gasteiger partial charge in [0.2, 0.25) is 0 Å². The topological polar surface area (TPSA) is 78.4 Å². The molecule has 110 valence electrons. The van der Waals surface area contributed by atoms with Crippen LogP contribution in [0.3, 0.4) is 0 Å². The quantitative estimate of drug-likeness (QED) is 0.693. The molecule has 0 heterocycles. The number of hydrogen-bond acceptors (Lipinski definition) is 2. The van der Waals surface area contributed by atoms with Gasteiger partial charge in [0.1, 0.15) is 6.04 Å². The van der Waals surface area contributed by atoms with E-state index in [0.29, 0.717) is 12.5 Å². The second-order valence-electron chi connectivity index (χ2n) is 5.56. The molecule has 3 N–H and O–H groups in total. The van der Waals surface area contributed by atoms with E-state index in [4.69, 9.17) is 5.11 Å². The van der Waals surface area contributed by atoms with Crippen molar-refractivity contribution in [1.82, 2.24) is 10.6 Å². The number of carbonyl (C=O) groups excluding carboxylic acids is 1. The van der Waals surface area contributed by atoms with Crippen molar-refractivity contribution in [1.29, 1.82) is 0 Å². The number of carboxylic acid groups (broad SMARTS) is 1. The summed E-state index contributed by atoms with van der Waals surface area (Å²) in [5.74, 6) is -0.494. The van der Waals surface area contributed by atoms with Crippen LogP contribution in [0.1, 0.15) is 52.4 Å². The van der Waals surface area contributed by atoms with Crippen molar-refractivity contribution in [2.45, 2.75) is 58.4 Å². The molecule has 2 amide bonds. The lowest BCUT2D eigenvalue weighted by molar-refractivity contribution is -0.140. The summed E-state index contributed by atoms with van der Waals surface area (Å²) in [5.41, 5.74) is 0. The van der Waals surface area contributed by atoms with Gasteiger partial charge in [-0.15, -0.1) is 0 Å². The average Bonchev–Trinajstić information content (AvgIpc) is 2.42. The molecular formula is C14H26N2O3. The van der Waals surface area contributed by atoms with Gasteiger partial charge in [-0.25, -0.2) is 9.59 Å². The lowest BCUT2D eigenvalue weighted by Crippen LogP contribution is -2.49. The van der Waals surface area contributed by atoms with Crippen LogP contribution in [0, 0.1) is 11.8 Å². The molecule has 0 bridgehead atoms. The molecule has 1 aliphatic carbocycles. The molecule has 0 aromatic heterocycles. The fraction of sp³-hybridized carbons (Fsp3) is 0.857. The van der Waals surface area contributed by atoms with Crippen LogP contribution in [0.4, 0.5) is 4.79 Å². The molecular weight excluding hydrogens is 244 g/mol. The Balaban J connectivity index is 2.33. The Morgan fingerprint density at radius 3 is 2.42 bits per heavy atom. The van der Waals surface area contributed by atoms with Crippen LogP contribution in [0.25, 0.3) is 0 Å². The maximum absolute atomic E-state index is 11.7. The van der Waals surface area contributed by atoms with E-state index in [9.17, 15) is 9.59 Å². The summed E-state index contributed by atoms with van der Waals surface area (Å²) in [4.78, 5) is 22.8. The minimum Gasteiger partial charge on any atom is -0.480 e. The van der Waals surface area contributed by atoms with Crippen molar-refractivity contribution in [3.05, 3.63) is 0 Å². The summed E-state index contributed by atoms with van der Waals surface area (Å²) in [6, 6.07) is -1.17. The predicted octanol–water partition coefficient (Wildman–Crippen LogP) is 2.37. The molecule has 1 fully saturated rings. The highest BCUT2D eigenvalue weighted by Crippen LogP contribution is 2.22. The molecule has 0 saturated heterocycles. The number of aliphatic carboxylic acids is 1. The molecule has 19 heavy (non-hydrogen) atoms. The summed E-state index contributed by atoms with van der Waals surface area (Å²) >= 11 is 0. The minimum atomic E-state index is -0.970. The SMILES string of the molecule is CC[C@H](C)[C@H](NC(=O)NCC1CCCCC1)C(=O)O. The Hall–Kier alpha value is -1.26. The first-order valence-corrected chi connectivity index (χ1v) is 7.31. The third kappa shape index (κ3) is 5.49. The monoisotopic (exact) mass is 270 g/mol. The van der Waals surface area contributed by atoms with Crippen molar-refractivity contribution in [3.8, 4) is 0 Å². The summed E-state index contributed by atoms with van der Waals surface area (Å²) < 4.78 is 0. The fourth-order valence-electron chi connectivity index (χ4n) is 2.50. The third-order valence-electron chi connectivity index (χ3n) is 4.04. The maximum atomic E-state index is 11.7. The van der Waals surface area contributed by atoms with Gasteiger partial charge in [0.05, 0.1) is 0 Å². The summed E-state index contributed by atoms with van der Waals surface area (Å²) in [5, 5.41) is 14.5. The van der Waals surface area contributed by atoms with Crippen molar-refractivity contribution in [2.75, 3.05) is 6.54 Å². The van der Waals surface area contributed by atoms with Gasteiger partial charge in [0, 0.05) is 6.54 Å². The van der Waals surface area contributed by atoms with E-state index in [1.807, 2.05) is 13.8 Å². The Morgan fingerprint density at radius 1 is 1.26 bits per heavy atom. The lowest BCUT2D eigenvalue weighted by atomic mass is 9.89. The molecule has 5 heteroatoms. The summed E-state index contributed by atoms with van der Waals surface area (Å²) in [6.45, 7) is 4.40. The number of carbonyl (C=O) groups is 2. The predicted molar refractivity (Wildman–Crippen MR) is 74.0 cm³/mol. The smallest absolute Gasteiger partial charge is 0.326 e. The summed E-state index contributed by atoms with van der Waals surface area (Å²) in [6.07, 6.45) is 6.80. The van der Waals surface area contributed by atoms with E-state index in [0.717, 1.165) is 19.3 Å². The van der Waals surface area contributed by atoms with Crippen LogP contribution in [-0.4, -0.2) is 29.7 Å². The first-order valence-electron chi connectivity index (χ1n) is 7.31. The maximum Gasteiger partial charge on any atom is 0.326 e. The molecule has 5 nitrogen and oxygen atoms in total. The molecule has 1 saturated carbocycles. The van der Waals surface area contributed by atoms with Crippen LogP contribution >= 0.6 is 0 Å². The first-order chi connectivity index (χ1) is 9.04. The van der Waals surface area contributed by atoms with Gasteiger partial charge in [-0.3, -0.25) is 0 Å². The zero-order chi connectivity index (χ0) is 14.3. The standard InChI is InChI=1S/C14H26N2O3/c1-3-10(2)12(13(17)18)16-14(19)15-9-11-7-5-4-6-8-11/h10-12H,3-9H2,1-2H3,(H,17,18)(H2,15,16,19)/t10-,12-/m0/s1. The zero-order valence-electron chi connectivity index (χ0n) is 11.9. The lowest BCUT2D eigenvalue weighted by Gasteiger charge is -2.24. The van der Waals surface area contributed by atoms with E-state index in [2.05, 4.69) is 10.6 Å². The number of urea groups is 1. The van der Waals surface area contributed by atoms with E-state index < -0.39 is 12.0 Å². The van der Waals surface area contributed by atoms with Crippen molar-refractivity contribution in [3.63, 3.8) is 0 Å². The fourth-order valence-corrected chi connectivity index (χ4v) is 2.50. The van der Waals surface area contributed by atoms with Crippen molar-refractivity contribution < 1.29 is 14.7 Å².